The van der Waals surface area contributed by atoms with Gasteiger partial charge in [-0.15, -0.1) is 0 Å². The molecule has 0 aliphatic carbocycles. The van der Waals surface area contributed by atoms with Crippen molar-refractivity contribution in [2.75, 3.05) is 0 Å². The van der Waals surface area contributed by atoms with E-state index in [1.165, 1.54) is 0 Å². The van der Waals surface area contributed by atoms with Gasteiger partial charge in [0.2, 0.25) is 5.91 Å². The van der Waals surface area contributed by atoms with Crippen molar-refractivity contribution in [1.82, 2.24) is 5.32 Å². The van der Waals surface area contributed by atoms with Crippen molar-refractivity contribution < 1.29 is 24.6 Å². The number of hydrogen-bond donors (Lipinski definition) is 3. The maximum absolute atomic E-state index is 11.6. The van der Waals surface area contributed by atoms with Gasteiger partial charge in [-0.25, -0.2) is 4.79 Å². The van der Waals surface area contributed by atoms with Crippen LogP contribution in [0.3, 0.4) is 0 Å². The minimum Gasteiger partial charge on any atom is -0.481 e. The van der Waals surface area contributed by atoms with Crippen molar-refractivity contribution in [1.29, 1.82) is 0 Å². The Morgan fingerprint density at radius 3 is 2.47 bits per heavy atom. The average Bonchev–Trinajstić information content (AvgIpc) is 2.27. The number of benzene rings is 1. The first kappa shape index (κ1) is 15.2. The maximum Gasteiger partial charge on any atom is 0.326 e. The largest absolute Gasteiger partial charge is 0.481 e. The van der Waals surface area contributed by atoms with Crippen molar-refractivity contribution in [3.8, 4) is 0 Å². The lowest BCUT2D eigenvalue weighted by Gasteiger charge is -2.12. The van der Waals surface area contributed by atoms with Gasteiger partial charge < -0.3 is 15.5 Å². The molecule has 0 radical (unpaired) electrons. The second kappa shape index (κ2) is 6.89. The fourth-order valence-electron chi connectivity index (χ4n) is 1.45. The van der Waals surface area contributed by atoms with E-state index in [1.807, 2.05) is 0 Å². The molecule has 6 nitrogen and oxygen atoms in total. The SMILES string of the molecule is O=C(O)C[C@H](NC(=O)Cc1cccc(Br)c1)C(=O)O. The third-order valence-corrected chi connectivity index (χ3v) is 2.76. The Balaban J connectivity index is 2.62. The molecule has 19 heavy (non-hydrogen) atoms. The number of amides is 1. The Morgan fingerprint density at radius 1 is 1.26 bits per heavy atom. The highest BCUT2D eigenvalue weighted by molar-refractivity contribution is 9.10. The molecule has 0 aliphatic rings. The summed E-state index contributed by atoms with van der Waals surface area (Å²) in [5.74, 6) is -3.19. The van der Waals surface area contributed by atoms with Gasteiger partial charge in [-0.2, -0.15) is 0 Å². The van der Waals surface area contributed by atoms with E-state index in [-0.39, 0.29) is 6.42 Å². The van der Waals surface area contributed by atoms with Crippen molar-refractivity contribution in [2.24, 2.45) is 0 Å². The van der Waals surface area contributed by atoms with Gasteiger partial charge in [0.1, 0.15) is 6.04 Å². The third-order valence-electron chi connectivity index (χ3n) is 2.27. The molecular weight excluding hydrogens is 318 g/mol. The molecule has 0 saturated heterocycles. The molecule has 3 N–H and O–H groups in total. The van der Waals surface area contributed by atoms with Crippen LogP contribution < -0.4 is 5.32 Å². The lowest BCUT2D eigenvalue weighted by Crippen LogP contribution is -2.42. The van der Waals surface area contributed by atoms with Gasteiger partial charge in [0.15, 0.2) is 0 Å². The van der Waals surface area contributed by atoms with Crippen molar-refractivity contribution >= 4 is 33.8 Å². The zero-order valence-corrected chi connectivity index (χ0v) is 11.4. The molecule has 1 rings (SSSR count). The van der Waals surface area contributed by atoms with Gasteiger partial charge in [0, 0.05) is 4.47 Å². The second-order valence-corrected chi connectivity index (χ2v) is 4.78. The Bertz CT molecular complexity index is 503. The van der Waals surface area contributed by atoms with Gasteiger partial charge in [-0.3, -0.25) is 9.59 Å². The Kier molecular flexibility index (Phi) is 5.50. The lowest BCUT2D eigenvalue weighted by atomic mass is 10.1. The smallest absolute Gasteiger partial charge is 0.326 e. The van der Waals surface area contributed by atoms with E-state index >= 15 is 0 Å². The molecule has 0 aliphatic heterocycles. The number of carboxylic acid groups (broad SMARTS) is 2. The van der Waals surface area contributed by atoms with Gasteiger partial charge in [-0.1, -0.05) is 28.1 Å². The monoisotopic (exact) mass is 329 g/mol. The molecule has 0 aromatic heterocycles. The second-order valence-electron chi connectivity index (χ2n) is 3.86. The number of hydrogen-bond acceptors (Lipinski definition) is 3. The summed E-state index contributed by atoms with van der Waals surface area (Å²) in [6, 6.07) is 5.58. The highest BCUT2D eigenvalue weighted by Gasteiger charge is 2.22. The Labute approximate surface area is 117 Å². The van der Waals surface area contributed by atoms with E-state index in [9.17, 15) is 14.4 Å². The quantitative estimate of drug-likeness (QED) is 0.723. The summed E-state index contributed by atoms with van der Waals surface area (Å²) in [4.78, 5) is 32.9. The van der Waals surface area contributed by atoms with Gasteiger partial charge in [0.25, 0.3) is 0 Å². The zero-order valence-electron chi connectivity index (χ0n) is 9.80. The van der Waals surface area contributed by atoms with Crippen LogP contribution in [0.4, 0.5) is 0 Å². The van der Waals surface area contributed by atoms with E-state index in [0.717, 1.165) is 4.47 Å². The van der Waals surface area contributed by atoms with E-state index in [0.29, 0.717) is 5.56 Å². The highest BCUT2D eigenvalue weighted by atomic mass is 79.9. The number of carbonyl (C=O) groups is 3. The van der Waals surface area contributed by atoms with Crippen LogP contribution in [0.25, 0.3) is 0 Å². The molecule has 1 aromatic carbocycles. The summed E-state index contributed by atoms with van der Waals surface area (Å²) in [6.07, 6.45) is -0.664. The van der Waals surface area contributed by atoms with Crippen molar-refractivity contribution in [3.63, 3.8) is 0 Å². The van der Waals surface area contributed by atoms with Gasteiger partial charge in [0.05, 0.1) is 12.8 Å². The number of carboxylic acids is 2. The molecular formula is C12H12BrNO5. The first-order valence-electron chi connectivity index (χ1n) is 5.37. The Morgan fingerprint density at radius 2 is 1.95 bits per heavy atom. The number of nitrogens with one attached hydrogen (secondary N) is 1. The van der Waals surface area contributed by atoms with E-state index < -0.39 is 30.3 Å². The third kappa shape index (κ3) is 5.52. The summed E-state index contributed by atoms with van der Waals surface area (Å²) in [5, 5.41) is 19.5. The molecule has 0 unspecified atom stereocenters. The molecule has 0 saturated carbocycles. The number of aliphatic carboxylic acids is 2. The molecule has 0 spiro atoms. The Hall–Kier alpha value is -1.89. The van der Waals surface area contributed by atoms with Crippen LogP contribution in [0.15, 0.2) is 28.7 Å². The van der Waals surface area contributed by atoms with Crippen LogP contribution in [0.2, 0.25) is 0 Å². The summed E-state index contributed by atoms with van der Waals surface area (Å²) < 4.78 is 0.804. The molecule has 1 atom stereocenters. The highest BCUT2D eigenvalue weighted by Crippen LogP contribution is 2.12. The first-order chi connectivity index (χ1) is 8.88. The minimum atomic E-state index is -1.42. The molecule has 0 bridgehead atoms. The van der Waals surface area contributed by atoms with Crippen LogP contribution in [0.1, 0.15) is 12.0 Å². The molecule has 1 aromatic rings. The summed E-state index contributed by atoms with van der Waals surface area (Å²) in [7, 11) is 0. The minimum absolute atomic E-state index is 0.0111. The fraction of sp³-hybridized carbons (Fsp3) is 0.250. The first-order valence-corrected chi connectivity index (χ1v) is 6.16. The van der Waals surface area contributed by atoms with Crippen LogP contribution >= 0.6 is 15.9 Å². The fourth-order valence-corrected chi connectivity index (χ4v) is 1.90. The normalized spacial score (nSPS) is 11.6. The average molecular weight is 330 g/mol. The van der Waals surface area contributed by atoms with Gasteiger partial charge in [-0.05, 0) is 17.7 Å². The topological polar surface area (TPSA) is 104 Å². The van der Waals surface area contributed by atoms with E-state index in [1.54, 1.807) is 24.3 Å². The summed E-state index contributed by atoms with van der Waals surface area (Å²) >= 11 is 3.26. The predicted molar refractivity (Wildman–Crippen MR) is 69.7 cm³/mol. The van der Waals surface area contributed by atoms with Crippen molar-refractivity contribution in [3.05, 3.63) is 34.3 Å². The molecule has 0 fully saturated rings. The summed E-state index contributed by atoms with van der Waals surface area (Å²) in [5.41, 5.74) is 0.700. The number of carbonyl (C=O) groups excluding carboxylic acids is 1. The zero-order chi connectivity index (χ0) is 14.4. The standard InChI is InChI=1S/C12H12BrNO5/c13-8-3-1-2-7(4-8)5-10(15)14-9(12(18)19)6-11(16)17/h1-4,9H,5-6H2,(H,14,15)(H,16,17)(H,18,19)/t9-/m0/s1. The van der Waals surface area contributed by atoms with Crippen LogP contribution in [-0.2, 0) is 20.8 Å². The summed E-state index contributed by atoms with van der Waals surface area (Å²) in [6.45, 7) is 0. The van der Waals surface area contributed by atoms with Gasteiger partial charge >= 0.3 is 11.9 Å². The van der Waals surface area contributed by atoms with Crippen LogP contribution in [0.5, 0.6) is 0 Å². The number of rotatable bonds is 6. The number of halogens is 1. The molecule has 102 valence electrons. The van der Waals surface area contributed by atoms with Crippen molar-refractivity contribution in [2.45, 2.75) is 18.9 Å². The predicted octanol–water partition coefficient (Wildman–Crippen LogP) is 1.04. The maximum atomic E-state index is 11.6. The van der Waals surface area contributed by atoms with E-state index in [2.05, 4.69) is 21.2 Å². The lowest BCUT2D eigenvalue weighted by molar-refractivity contribution is -0.147. The van der Waals surface area contributed by atoms with Crippen LogP contribution in [-0.4, -0.2) is 34.1 Å². The molecule has 0 heterocycles. The van der Waals surface area contributed by atoms with Crippen LogP contribution in [0, 0.1) is 0 Å². The molecule has 1 amide bonds. The molecule has 7 heteroatoms. The van der Waals surface area contributed by atoms with E-state index in [4.69, 9.17) is 10.2 Å².